The Kier molecular flexibility index (Phi) is 6.28. The number of ether oxygens (including phenoxy) is 1. The van der Waals surface area contributed by atoms with Crippen LogP contribution in [0.15, 0.2) is 12.1 Å². The van der Waals surface area contributed by atoms with Crippen LogP contribution in [0.25, 0.3) is 0 Å². The van der Waals surface area contributed by atoms with E-state index in [2.05, 4.69) is 19.9 Å². The Balaban J connectivity index is 2.77. The summed E-state index contributed by atoms with van der Waals surface area (Å²) >= 11 is 0. The number of aliphatic hydroxyl groups excluding tert-OH is 2. The van der Waals surface area contributed by atoms with Crippen LogP contribution in [-0.2, 0) is 6.42 Å². The fourth-order valence-corrected chi connectivity index (χ4v) is 2.27. The molecule has 0 atom stereocenters. The van der Waals surface area contributed by atoms with Gasteiger partial charge in [-0.2, -0.15) is 0 Å². The molecule has 2 N–H and O–H groups in total. The summed E-state index contributed by atoms with van der Waals surface area (Å²) in [4.78, 5) is 1.97. The van der Waals surface area contributed by atoms with Crippen LogP contribution in [0.4, 0.5) is 0 Å². The van der Waals surface area contributed by atoms with Crippen molar-refractivity contribution in [3.05, 3.63) is 28.8 Å². The molecule has 1 rings (SSSR count). The van der Waals surface area contributed by atoms with E-state index in [0.717, 1.165) is 18.7 Å². The van der Waals surface area contributed by atoms with Crippen molar-refractivity contribution >= 4 is 0 Å². The molecule has 0 heterocycles. The molecule has 4 nitrogen and oxygen atoms in total. The molecular weight excluding hydrogens is 242 g/mol. The summed E-state index contributed by atoms with van der Waals surface area (Å²) in [5.41, 5.74) is 3.60. The zero-order chi connectivity index (χ0) is 14.4. The number of aryl methyl sites for hydroxylation is 2. The van der Waals surface area contributed by atoms with Gasteiger partial charge in [0.25, 0.3) is 0 Å². The largest absolute Gasteiger partial charge is 0.496 e. The lowest BCUT2D eigenvalue weighted by Crippen LogP contribution is -2.38. The molecule has 0 saturated heterocycles. The SMILES string of the molecule is COc1cc(C)cc(C)c1CCN(C)C(CO)CO. The monoisotopic (exact) mass is 267 g/mol. The molecule has 4 heteroatoms. The molecule has 0 unspecified atom stereocenters. The molecule has 0 saturated carbocycles. The Hall–Kier alpha value is -1.10. The van der Waals surface area contributed by atoms with Gasteiger partial charge < -0.3 is 14.9 Å². The molecule has 1 aromatic rings. The van der Waals surface area contributed by atoms with E-state index in [1.807, 2.05) is 18.0 Å². The first-order chi connectivity index (χ1) is 9.03. The predicted molar refractivity (Wildman–Crippen MR) is 76.8 cm³/mol. The molecule has 0 aromatic heterocycles. The fourth-order valence-electron chi connectivity index (χ4n) is 2.27. The number of hydrogen-bond acceptors (Lipinski definition) is 4. The fraction of sp³-hybridized carbons (Fsp3) is 0.600. The number of hydrogen-bond donors (Lipinski definition) is 2. The first-order valence-electron chi connectivity index (χ1n) is 6.59. The summed E-state index contributed by atoms with van der Waals surface area (Å²) < 4.78 is 5.44. The van der Waals surface area contributed by atoms with E-state index in [9.17, 15) is 0 Å². The van der Waals surface area contributed by atoms with Gasteiger partial charge in [-0.05, 0) is 50.1 Å². The van der Waals surface area contributed by atoms with Crippen molar-refractivity contribution < 1.29 is 14.9 Å². The molecule has 0 radical (unpaired) electrons. The highest BCUT2D eigenvalue weighted by Crippen LogP contribution is 2.24. The van der Waals surface area contributed by atoms with E-state index in [-0.39, 0.29) is 19.3 Å². The number of likely N-dealkylation sites (N-methyl/N-ethyl adjacent to an activating group) is 1. The van der Waals surface area contributed by atoms with Crippen LogP contribution >= 0.6 is 0 Å². The van der Waals surface area contributed by atoms with Crippen LogP contribution in [0.5, 0.6) is 5.75 Å². The number of aliphatic hydroxyl groups is 2. The molecule has 0 bridgehead atoms. The molecule has 0 aliphatic rings. The lowest BCUT2D eigenvalue weighted by Gasteiger charge is -2.25. The van der Waals surface area contributed by atoms with Crippen LogP contribution in [0.1, 0.15) is 16.7 Å². The number of benzene rings is 1. The van der Waals surface area contributed by atoms with Gasteiger partial charge in [0.2, 0.25) is 0 Å². The second-order valence-electron chi connectivity index (χ2n) is 5.01. The van der Waals surface area contributed by atoms with Crippen molar-refractivity contribution in [3.8, 4) is 5.75 Å². The normalized spacial score (nSPS) is 11.4. The van der Waals surface area contributed by atoms with E-state index < -0.39 is 0 Å². The van der Waals surface area contributed by atoms with Crippen LogP contribution in [0.2, 0.25) is 0 Å². The second kappa shape index (κ2) is 7.48. The summed E-state index contributed by atoms with van der Waals surface area (Å²) in [7, 11) is 3.60. The topological polar surface area (TPSA) is 52.9 Å². The first-order valence-corrected chi connectivity index (χ1v) is 6.59. The standard InChI is InChI=1S/C15H25NO3/c1-11-7-12(2)14(15(8-11)19-4)5-6-16(3)13(9-17)10-18/h7-8,13,17-18H,5-6,9-10H2,1-4H3. The zero-order valence-electron chi connectivity index (χ0n) is 12.3. The average molecular weight is 267 g/mol. The third-order valence-electron chi connectivity index (χ3n) is 3.56. The minimum Gasteiger partial charge on any atom is -0.496 e. The third kappa shape index (κ3) is 4.20. The van der Waals surface area contributed by atoms with E-state index >= 15 is 0 Å². The van der Waals surface area contributed by atoms with E-state index in [1.165, 1.54) is 16.7 Å². The molecule has 0 fully saturated rings. The van der Waals surface area contributed by atoms with Gasteiger partial charge >= 0.3 is 0 Å². The molecule has 19 heavy (non-hydrogen) atoms. The first kappa shape index (κ1) is 16.0. The summed E-state index contributed by atoms with van der Waals surface area (Å²) in [5, 5.41) is 18.3. The molecule has 1 aromatic carbocycles. The predicted octanol–water partition coefficient (Wildman–Crippen LogP) is 1.14. The van der Waals surface area contributed by atoms with Crippen molar-refractivity contribution in [1.29, 1.82) is 0 Å². The minimum atomic E-state index is -0.197. The van der Waals surface area contributed by atoms with Crippen molar-refractivity contribution in [3.63, 3.8) is 0 Å². The summed E-state index contributed by atoms with van der Waals surface area (Å²) in [6.45, 7) is 4.85. The molecule has 0 aliphatic carbocycles. The van der Waals surface area contributed by atoms with Gasteiger partial charge in [0.15, 0.2) is 0 Å². The average Bonchev–Trinajstić information content (AvgIpc) is 2.38. The van der Waals surface area contributed by atoms with Gasteiger partial charge in [-0.15, -0.1) is 0 Å². The van der Waals surface area contributed by atoms with Gasteiger partial charge in [0.1, 0.15) is 5.75 Å². The smallest absolute Gasteiger partial charge is 0.122 e. The van der Waals surface area contributed by atoms with E-state index in [1.54, 1.807) is 7.11 Å². The van der Waals surface area contributed by atoms with Gasteiger partial charge in [-0.3, -0.25) is 4.90 Å². The van der Waals surface area contributed by atoms with Gasteiger partial charge in [0.05, 0.1) is 26.4 Å². The second-order valence-corrected chi connectivity index (χ2v) is 5.01. The quantitative estimate of drug-likeness (QED) is 0.778. The Morgan fingerprint density at radius 3 is 2.37 bits per heavy atom. The van der Waals surface area contributed by atoms with Gasteiger partial charge in [-0.25, -0.2) is 0 Å². The maximum absolute atomic E-state index is 9.16. The van der Waals surface area contributed by atoms with E-state index in [0.29, 0.717) is 0 Å². The Morgan fingerprint density at radius 1 is 1.21 bits per heavy atom. The molecule has 108 valence electrons. The Morgan fingerprint density at radius 2 is 1.84 bits per heavy atom. The van der Waals surface area contributed by atoms with Crippen LogP contribution in [0, 0.1) is 13.8 Å². The zero-order valence-corrected chi connectivity index (χ0v) is 12.3. The molecule has 0 amide bonds. The van der Waals surface area contributed by atoms with Crippen molar-refractivity contribution in [2.45, 2.75) is 26.3 Å². The van der Waals surface area contributed by atoms with Gasteiger partial charge in [-0.1, -0.05) is 6.07 Å². The summed E-state index contributed by atoms with van der Waals surface area (Å²) in [6, 6.07) is 3.99. The minimum absolute atomic E-state index is 0.0307. The molecule has 0 aliphatic heterocycles. The third-order valence-corrected chi connectivity index (χ3v) is 3.56. The Bertz CT molecular complexity index is 403. The van der Waals surface area contributed by atoms with E-state index in [4.69, 9.17) is 14.9 Å². The molecule has 0 spiro atoms. The number of methoxy groups -OCH3 is 1. The highest BCUT2D eigenvalue weighted by atomic mass is 16.5. The number of rotatable bonds is 7. The summed E-state index contributed by atoms with van der Waals surface area (Å²) in [5.74, 6) is 0.912. The molecular formula is C15H25NO3. The van der Waals surface area contributed by atoms with Crippen LogP contribution < -0.4 is 4.74 Å². The highest BCUT2D eigenvalue weighted by Gasteiger charge is 2.14. The number of nitrogens with zero attached hydrogens (tertiary/aromatic N) is 1. The van der Waals surface area contributed by atoms with Crippen LogP contribution in [-0.4, -0.2) is 55.1 Å². The lowest BCUT2D eigenvalue weighted by atomic mass is 10.0. The van der Waals surface area contributed by atoms with Crippen LogP contribution in [0.3, 0.4) is 0 Å². The van der Waals surface area contributed by atoms with Crippen molar-refractivity contribution in [2.24, 2.45) is 0 Å². The van der Waals surface area contributed by atoms with Gasteiger partial charge in [0, 0.05) is 6.54 Å². The Labute approximate surface area is 115 Å². The lowest BCUT2D eigenvalue weighted by molar-refractivity contribution is 0.0924. The van der Waals surface area contributed by atoms with Crippen molar-refractivity contribution in [1.82, 2.24) is 4.90 Å². The maximum Gasteiger partial charge on any atom is 0.122 e. The highest BCUT2D eigenvalue weighted by molar-refractivity contribution is 5.43. The maximum atomic E-state index is 9.16. The summed E-state index contributed by atoms with van der Waals surface area (Å²) in [6.07, 6.45) is 0.836. The van der Waals surface area contributed by atoms with Crippen molar-refractivity contribution in [2.75, 3.05) is 33.9 Å².